The predicted octanol–water partition coefficient (Wildman–Crippen LogP) is 3.95. The van der Waals surface area contributed by atoms with E-state index in [1.54, 1.807) is 12.1 Å². The maximum Gasteiger partial charge on any atom is 0.254 e. The highest BCUT2D eigenvalue weighted by Crippen LogP contribution is 2.22. The Morgan fingerprint density at radius 1 is 1.00 bits per heavy atom. The van der Waals surface area contributed by atoms with Gasteiger partial charge in [-0.3, -0.25) is 4.79 Å². The standard InChI is InChI=1S/C21H21FN4O/c1-14-4-3-5-15(2)19(14)26-21-24-12-17(13-25-21)20(27)23-11-10-16-6-8-18(22)9-7-16/h3-9,12-13H,10-11H2,1-2H3,(H,23,27)(H,24,25,26). The summed E-state index contributed by atoms with van der Waals surface area (Å²) in [5.74, 6) is -0.0690. The molecule has 5 nitrogen and oxygen atoms in total. The predicted molar refractivity (Wildman–Crippen MR) is 104 cm³/mol. The Hall–Kier alpha value is -3.28. The monoisotopic (exact) mass is 364 g/mol. The van der Waals surface area contributed by atoms with Crippen molar-refractivity contribution in [2.75, 3.05) is 11.9 Å². The summed E-state index contributed by atoms with van der Waals surface area (Å²) in [7, 11) is 0. The molecule has 0 saturated carbocycles. The topological polar surface area (TPSA) is 66.9 Å². The third kappa shape index (κ3) is 4.88. The molecule has 0 atom stereocenters. The normalized spacial score (nSPS) is 10.5. The number of amides is 1. The van der Waals surface area contributed by atoms with Crippen LogP contribution in [0.2, 0.25) is 0 Å². The average molecular weight is 364 g/mol. The molecule has 0 unspecified atom stereocenters. The lowest BCUT2D eigenvalue weighted by molar-refractivity contribution is 0.0953. The fraction of sp³-hybridized carbons (Fsp3) is 0.190. The van der Waals surface area contributed by atoms with Crippen molar-refractivity contribution in [2.45, 2.75) is 20.3 Å². The van der Waals surface area contributed by atoms with E-state index in [1.807, 2.05) is 32.0 Å². The van der Waals surface area contributed by atoms with Gasteiger partial charge in [0, 0.05) is 24.6 Å². The number of nitrogens with zero attached hydrogens (tertiary/aromatic N) is 2. The first-order valence-electron chi connectivity index (χ1n) is 8.71. The molecule has 0 aliphatic heterocycles. The highest BCUT2D eigenvalue weighted by Gasteiger charge is 2.08. The van der Waals surface area contributed by atoms with Crippen LogP contribution >= 0.6 is 0 Å². The Bertz CT molecular complexity index is 904. The number of halogens is 1. The Morgan fingerprint density at radius 3 is 2.26 bits per heavy atom. The molecule has 27 heavy (non-hydrogen) atoms. The molecule has 138 valence electrons. The smallest absolute Gasteiger partial charge is 0.254 e. The summed E-state index contributed by atoms with van der Waals surface area (Å²) >= 11 is 0. The Morgan fingerprint density at radius 2 is 1.63 bits per heavy atom. The van der Waals surface area contributed by atoms with Gasteiger partial charge >= 0.3 is 0 Å². The Kier molecular flexibility index (Phi) is 5.76. The van der Waals surface area contributed by atoms with Crippen molar-refractivity contribution in [3.63, 3.8) is 0 Å². The molecular formula is C21H21FN4O. The van der Waals surface area contributed by atoms with Crippen molar-refractivity contribution < 1.29 is 9.18 Å². The fourth-order valence-corrected chi connectivity index (χ4v) is 2.71. The van der Waals surface area contributed by atoms with Gasteiger partial charge in [-0.1, -0.05) is 30.3 Å². The van der Waals surface area contributed by atoms with Crippen LogP contribution in [0.4, 0.5) is 16.0 Å². The van der Waals surface area contributed by atoms with Crippen molar-refractivity contribution in [2.24, 2.45) is 0 Å². The molecule has 0 spiro atoms. The molecule has 0 aliphatic carbocycles. The van der Waals surface area contributed by atoms with Crippen LogP contribution in [-0.4, -0.2) is 22.4 Å². The zero-order chi connectivity index (χ0) is 19.2. The van der Waals surface area contributed by atoms with Gasteiger partial charge in [0.15, 0.2) is 0 Å². The van der Waals surface area contributed by atoms with Crippen LogP contribution < -0.4 is 10.6 Å². The van der Waals surface area contributed by atoms with Gasteiger partial charge in [-0.05, 0) is 49.1 Å². The number of rotatable bonds is 6. The average Bonchev–Trinajstić information content (AvgIpc) is 2.67. The van der Waals surface area contributed by atoms with E-state index in [0.29, 0.717) is 24.5 Å². The molecule has 0 radical (unpaired) electrons. The number of anilines is 2. The van der Waals surface area contributed by atoms with Crippen molar-refractivity contribution in [3.05, 3.63) is 82.9 Å². The minimum atomic E-state index is -0.269. The summed E-state index contributed by atoms with van der Waals surface area (Å²) in [6.07, 6.45) is 3.62. The van der Waals surface area contributed by atoms with E-state index in [2.05, 4.69) is 20.6 Å². The number of carbonyl (C=O) groups excluding carboxylic acids is 1. The van der Waals surface area contributed by atoms with Crippen molar-refractivity contribution in [1.29, 1.82) is 0 Å². The van der Waals surface area contributed by atoms with Crippen molar-refractivity contribution >= 4 is 17.5 Å². The molecule has 6 heteroatoms. The van der Waals surface area contributed by atoms with Gasteiger partial charge in [-0.15, -0.1) is 0 Å². The third-order valence-electron chi connectivity index (χ3n) is 4.24. The largest absolute Gasteiger partial charge is 0.352 e. The molecule has 1 aromatic heterocycles. The van der Waals surface area contributed by atoms with E-state index in [4.69, 9.17) is 0 Å². The molecule has 0 bridgehead atoms. The number of aryl methyl sites for hydroxylation is 2. The Labute approximate surface area is 157 Å². The number of para-hydroxylation sites is 1. The van der Waals surface area contributed by atoms with Gasteiger partial charge < -0.3 is 10.6 Å². The zero-order valence-corrected chi connectivity index (χ0v) is 15.3. The first-order chi connectivity index (χ1) is 13.0. The lowest BCUT2D eigenvalue weighted by atomic mass is 10.1. The van der Waals surface area contributed by atoms with Crippen LogP contribution in [0.25, 0.3) is 0 Å². The van der Waals surface area contributed by atoms with Crippen LogP contribution in [0.1, 0.15) is 27.0 Å². The number of carbonyl (C=O) groups is 1. The molecule has 3 rings (SSSR count). The van der Waals surface area contributed by atoms with E-state index in [9.17, 15) is 9.18 Å². The summed E-state index contributed by atoms with van der Waals surface area (Å²) in [6.45, 7) is 4.48. The molecule has 1 heterocycles. The first kappa shape index (κ1) is 18.5. The van der Waals surface area contributed by atoms with Crippen LogP contribution in [-0.2, 0) is 6.42 Å². The minimum Gasteiger partial charge on any atom is -0.352 e. The van der Waals surface area contributed by atoms with Gasteiger partial charge in [0.2, 0.25) is 5.95 Å². The molecular weight excluding hydrogens is 343 g/mol. The highest BCUT2D eigenvalue weighted by molar-refractivity contribution is 5.93. The molecule has 3 aromatic rings. The van der Waals surface area contributed by atoms with Crippen LogP contribution in [0.3, 0.4) is 0 Å². The summed E-state index contributed by atoms with van der Waals surface area (Å²) < 4.78 is 12.9. The third-order valence-corrected chi connectivity index (χ3v) is 4.24. The SMILES string of the molecule is Cc1cccc(C)c1Nc1ncc(C(=O)NCCc2ccc(F)cc2)cn1. The summed E-state index contributed by atoms with van der Waals surface area (Å²) in [6, 6.07) is 12.3. The maximum atomic E-state index is 12.9. The van der Waals surface area contributed by atoms with Gasteiger partial charge in [0.05, 0.1) is 5.56 Å². The number of hydrogen-bond donors (Lipinski definition) is 2. The Balaban J connectivity index is 1.56. The van der Waals surface area contributed by atoms with Gasteiger partial charge in [-0.2, -0.15) is 0 Å². The van der Waals surface area contributed by atoms with E-state index in [1.165, 1.54) is 24.5 Å². The van der Waals surface area contributed by atoms with Crippen LogP contribution in [0.5, 0.6) is 0 Å². The van der Waals surface area contributed by atoms with Crippen molar-refractivity contribution in [3.8, 4) is 0 Å². The fourth-order valence-electron chi connectivity index (χ4n) is 2.71. The summed E-state index contributed by atoms with van der Waals surface area (Å²) in [5, 5.41) is 6.01. The maximum absolute atomic E-state index is 12.9. The second-order valence-electron chi connectivity index (χ2n) is 6.32. The lowest BCUT2D eigenvalue weighted by Gasteiger charge is -2.11. The lowest BCUT2D eigenvalue weighted by Crippen LogP contribution is -2.26. The number of aromatic nitrogens is 2. The van der Waals surface area contributed by atoms with Gasteiger partial charge in [-0.25, -0.2) is 14.4 Å². The second-order valence-corrected chi connectivity index (χ2v) is 6.32. The second kappa shape index (κ2) is 8.40. The highest BCUT2D eigenvalue weighted by atomic mass is 19.1. The van der Waals surface area contributed by atoms with E-state index >= 15 is 0 Å². The molecule has 0 fully saturated rings. The molecule has 0 saturated heterocycles. The number of hydrogen-bond acceptors (Lipinski definition) is 4. The number of benzene rings is 2. The first-order valence-corrected chi connectivity index (χ1v) is 8.71. The van der Waals surface area contributed by atoms with Crippen LogP contribution in [0.15, 0.2) is 54.9 Å². The minimum absolute atomic E-state index is 0.240. The summed E-state index contributed by atoms with van der Waals surface area (Å²) in [4.78, 5) is 20.7. The summed E-state index contributed by atoms with van der Waals surface area (Å²) in [5.41, 5.74) is 4.51. The van der Waals surface area contributed by atoms with Gasteiger partial charge in [0.25, 0.3) is 5.91 Å². The number of nitrogens with one attached hydrogen (secondary N) is 2. The molecule has 2 aromatic carbocycles. The van der Waals surface area contributed by atoms with Gasteiger partial charge in [0.1, 0.15) is 5.82 Å². The zero-order valence-electron chi connectivity index (χ0n) is 15.3. The molecule has 0 aliphatic rings. The molecule has 1 amide bonds. The van der Waals surface area contributed by atoms with Crippen molar-refractivity contribution in [1.82, 2.24) is 15.3 Å². The van der Waals surface area contributed by atoms with E-state index in [-0.39, 0.29) is 11.7 Å². The van der Waals surface area contributed by atoms with E-state index < -0.39 is 0 Å². The quantitative estimate of drug-likeness (QED) is 0.695. The van der Waals surface area contributed by atoms with Crippen LogP contribution in [0, 0.1) is 19.7 Å². The van der Waals surface area contributed by atoms with E-state index in [0.717, 1.165) is 22.4 Å². The molecule has 2 N–H and O–H groups in total.